The minimum Gasteiger partial charge on any atom is -0.495 e. The summed E-state index contributed by atoms with van der Waals surface area (Å²) < 4.78 is 7.33. The minimum absolute atomic E-state index is 0.0534. The standard InChI is InChI=1S/C25H28N4O2/c1-19-9-10-24(31-3)23(15-19)27(2)25(30)18-28-13-11-20(12-14-28)21-16-26-29(17-21)22-7-5-4-6-8-22/h4-11,15-17H,12-14,18H2,1-3H3. The first kappa shape index (κ1) is 20.9. The van der Waals surface area contributed by atoms with Crippen molar-refractivity contribution in [3.05, 3.63) is 78.1 Å². The Kier molecular flexibility index (Phi) is 6.18. The highest BCUT2D eigenvalue weighted by Crippen LogP contribution is 2.29. The summed E-state index contributed by atoms with van der Waals surface area (Å²) in [6.07, 6.45) is 7.08. The van der Waals surface area contributed by atoms with Gasteiger partial charge < -0.3 is 9.64 Å². The van der Waals surface area contributed by atoms with Gasteiger partial charge in [0, 0.05) is 31.9 Å². The van der Waals surface area contributed by atoms with E-state index < -0.39 is 0 Å². The van der Waals surface area contributed by atoms with Gasteiger partial charge in [0.15, 0.2) is 0 Å². The number of carbonyl (C=O) groups excluding carboxylic acids is 1. The van der Waals surface area contributed by atoms with Crippen molar-refractivity contribution in [3.63, 3.8) is 0 Å². The van der Waals surface area contributed by atoms with E-state index in [1.807, 2.05) is 73.4 Å². The summed E-state index contributed by atoms with van der Waals surface area (Å²) in [7, 11) is 3.44. The van der Waals surface area contributed by atoms with Gasteiger partial charge in [-0.1, -0.05) is 30.3 Å². The average molecular weight is 417 g/mol. The minimum atomic E-state index is 0.0534. The Labute approximate surface area is 183 Å². The second-order valence-electron chi connectivity index (χ2n) is 7.85. The number of likely N-dealkylation sites (N-methyl/N-ethyl adjacent to an activating group) is 1. The maximum Gasteiger partial charge on any atom is 0.241 e. The molecule has 0 N–H and O–H groups in total. The Bertz CT molecular complexity index is 1090. The molecule has 160 valence electrons. The average Bonchev–Trinajstić information content (AvgIpc) is 3.30. The van der Waals surface area contributed by atoms with Crippen molar-refractivity contribution < 1.29 is 9.53 Å². The number of aromatic nitrogens is 2. The SMILES string of the molecule is COc1ccc(C)cc1N(C)C(=O)CN1CC=C(c2cnn(-c3ccccc3)c2)CC1. The number of benzene rings is 2. The fraction of sp³-hybridized carbons (Fsp3) is 0.280. The van der Waals surface area contributed by atoms with Gasteiger partial charge in [-0.05, 0) is 48.7 Å². The number of hydrogen-bond donors (Lipinski definition) is 0. The second-order valence-corrected chi connectivity index (χ2v) is 7.85. The number of methoxy groups -OCH3 is 1. The van der Waals surface area contributed by atoms with E-state index in [0.717, 1.165) is 42.0 Å². The van der Waals surface area contributed by atoms with Gasteiger partial charge in [0.1, 0.15) is 5.75 Å². The van der Waals surface area contributed by atoms with E-state index in [9.17, 15) is 4.79 Å². The lowest BCUT2D eigenvalue weighted by Crippen LogP contribution is -2.40. The van der Waals surface area contributed by atoms with Crippen LogP contribution in [0, 0.1) is 6.92 Å². The molecule has 0 atom stereocenters. The van der Waals surface area contributed by atoms with E-state index in [0.29, 0.717) is 12.3 Å². The molecule has 0 radical (unpaired) electrons. The van der Waals surface area contributed by atoms with Crippen LogP contribution in [-0.4, -0.2) is 54.4 Å². The van der Waals surface area contributed by atoms with E-state index in [1.165, 1.54) is 5.57 Å². The van der Waals surface area contributed by atoms with Crippen molar-refractivity contribution in [1.29, 1.82) is 0 Å². The van der Waals surface area contributed by atoms with Gasteiger partial charge in [0.05, 0.1) is 31.2 Å². The first-order valence-corrected chi connectivity index (χ1v) is 10.5. The zero-order chi connectivity index (χ0) is 21.8. The zero-order valence-electron chi connectivity index (χ0n) is 18.3. The predicted octanol–water partition coefficient (Wildman–Crippen LogP) is 3.94. The van der Waals surface area contributed by atoms with E-state index in [4.69, 9.17) is 4.74 Å². The molecule has 0 spiro atoms. The Morgan fingerprint density at radius 1 is 1.19 bits per heavy atom. The largest absolute Gasteiger partial charge is 0.495 e. The number of ether oxygens (including phenoxy) is 1. The van der Waals surface area contributed by atoms with Crippen molar-refractivity contribution in [3.8, 4) is 11.4 Å². The molecule has 31 heavy (non-hydrogen) atoms. The van der Waals surface area contributed by atoms with Crippen LogP contribution in [0.15, 0.2) is 67.0 Å². The molecule has 0 saturated carbocycles. The summed E-state index contributed by atoms with van der Waals surface area (Å²) in [6.45, 7) is 3.97. The Balaban J connectivity index is 1.39. The van der Waals surface area contributed by atoms with E-state index in [1.54, 1.807) is 12.0 Å². The molecule has 1 amide bonds. The fourth-order valence-electron chi connectivity index (χ4n) is 3.82. The molecular weight excluding hydrogens is 388 g/mol. The molecule has 1 aliphatic heterocycles. The van der Waals surface area contributed by atoms with Crippen LogP contribution >= 0.6 is 0 Å². The Hall–Kier alpha value is -3.38. The van der Waals surface area contributed by atoms with Gasteiger partial charge in [-0.15, -0.1) is 0 Å². The summed E-state index contributed by atoms with van der Waals surface area (Å²) in [5.74, 6) is 0.760. The number of anilines is 1. The van der Waals surface area contributed by atoms with Gasteiger partial charge in [-0.2, -0.15) is 5.10 Å². The molecule has 1 aliphatic rings. The van der Waals surface area contributed by atoms with Crippen molar-refractivity contribution >= 4 is 17.2 Å². The second kappa shape index (κ2) is 9.18. The van der Waals surface area contributed by atoms with Crippen molar-refractivity contribution in [2.45, 2.75) is 13.3 Å². The number of hydrogen-bond acceptors (Lipinski definition) is 4. The number of para-hydroxylation sites is 1. The number of carbonyl (C=O) groups is 1. The van der Waals surface area contributed by atoms with Crippen LogP contribution < -0.4 is 9.64 Å². The Morgan fingerprint density at radius 3 is 2.71 bits per heavy atom. The summed E-state index contributed by atoms with van der Waals surface area (Å²) in [5.41, 5.74) is 5.36. The first-order chi connectivity index (χ1) is 15.0. The molecular formula is C25H28N4O2. The lowest BCUT2D eigenvalue weighted by Gasteiger charge is -2.28. The normalized spacial score (nSPS) is 14.2. The number of nitrogens with zero attached hydrogens (tertiary/aromatic N) is 4. The molecule has 0 bridgehead atoms. The highest BCUT2D eigenvalue weighted by molar-refractivity contribution is 5.95. The zero-order valence-corrected chi connectivity index (χ0v) is 18.3. The van der Waals surface area contributed by atoms with Crippen molar-refractivity contribution in [2.24, 2.45) is 0 Å². The molecule has 6 heteroatoms. The summed E-state index contributed by atoms with van der Waals surface area (Å²) in [4.78, 5) is 16.8. The van der Waals surface area contributed by atoms with Gasteiger partial charge in [-0.25, -0.2) is 4.68 Å². The fourth-order valence-corrected chi connectivity index (χ4v) is 3.82. The smallest absolute Gasteiger partial charge is 0.241 e. The number of aryl methyl sites for hydroxylation is 1. The van der Waals surface area contributed by atoms with Gasteiger partial charge in [0.2, 0.25) is 5.91 Å². The maximum atomic E-state index is 12.9. The molecule has 0 fully saturated rings. The molecule has 0 unspecified atom stereocenters. The van der Waals surface area contributed by atoms with Gasteiger partial charge in [0.25, 0.3) is 0 Å². The molecule has 2 aromatic carbocycles. The highest BCUT2D eigenvalue weighted by atomic mass is 16.5. The van der Waals surface area contributed by atoms with Crippen LogP contribution in [0.2, 0.25) is 0 Å². The first-order valence-electron chi connectivity index (χ1n) is 10.5. The third-order valence-electron chi connectivity index (χ3n) is 5.70. The molecule has 2 heterocycles. The summed E-state index contributed by atoms with van der Waals surface area (Å²) in [5, 5.41) is 4.50. The number of amides is 1. The predicted molar refractivity (Wildman–Crippen MR) is 124 cm³/mol. The molecule has 1 aromatic heterocycles. The monoisotopic (exact) mass is 416 g/mol. The quantitative estimate of drug-likeness (QED) is 0.611. The van der Waals surface area contributed by atoms with Crippen LogP contribution in [0.4, 0.5) is 5.69 Å². The van der Waals surface area contributed by atoms with Crippen LogP contribution in [0.1, 0.15) is 17.5 Å². The topological polar surface area (TPSA) is 50.6 Å². The van der Waals surface area contributed by atoms with Crippen LogP contribution in [0.3, 0.4) is 0 Å². The van der Waals surface area contributed by atoms with Crippen molar-refractivity contribution in [2.75, 3.05) is 38.7 Å². The molecule has 4 rings (SSSR count). The lowest BCUT2D eigenvalue weighted by molar-refractivity contribution is -0.119. The van der Waals surface area contributed by atoms with Gasteiger partial charge >= 0.3 is 0 Å². The number of rotatable bonds is 6. The molecule has 6 nitrogen and oxygen atoms in total. The third kappa shape index (κ3) is 4.70. The van der Waals surface area contributed by atoms with Crippen LogP contribution in [0.5, 0.6) is 5.75 Å². The third-order valence-corrected chi connectivity index (χ3v) is 5.70. The van der Waals surface area contributed by atoms with Crippen LogP contribution in [0.25, 0.3) is 11.3 Å². The van der Waals surface area contributed by atoms with E-state index >= 15 is 0 Å². The highest BCUT2D eigenvalue weighted by Gasteiger charge is 2.21. The Morgan fingerprint density at radius 2 is 2.00 bits per heavy atom. The lowest BCUT2D eigenvalue weighted by atomic mass is 10.0. The molecule has 0 saturated heterocycles. The maximum absolute atomic E-state index is 12.9. The molecule has 3 aromatic rings. The van der Waals surface area contributed by atoms with Gasteiger partial charge in [-0.3, -0.25) is 9.69 Å². The van der Waals surface area contributed by atoms with Crippen LogP contribution in [-0.2, 0) is 4.79 Å². The van der Waals surface area contributed by atoms with E-state index in [-0.39, 0.29) is 5.91 Å². The van der Waals surface area contributed by atoms with E-state index in [2.05, 4.69) is 22.3 Å². The molecule has 0 aliphatic carbocycles. The summed E-state index contributed by atoms with van der Waals surface area (Å²) in [6, 6.07) is 16.0. The van der Waals surface area contributed by atoms with Crippen molar-refractivity contribution in [1.82, 2.24) is 14.7 Å². The summed E-state index contributed by atoms with van der Waals surface area (Å²) >= 11 is 0.